The van der Waals surface area contributed by atoms with Crippen LogP contribution in [0.25, 0.3) is 0 Å². The van der Waals surface area contributed by atoms with Gasteiger partial charge in [0.15, 0.2) is 4.34 Å². The number of rotatable bonds is 14. The molecule has 2 N–H and O–H groups in total. The monoisotopic (exact) mass is 634 g/mol. The quantitative estimate of drug-likeness (QED) is 0.208. The van der Waals surface area contributed by atoms with E-state index < -0.39 is 22.9 Å². The van der Waals surface area contributed by atoms with Crippen molar-refractivity contribution in [3.8, 4) is 0 Å². The van der Waals surface area contributed by atoms with E-state index in [2.05, 4.69) is 33.7 Å². The number of aliphatic carboxylic acids is 2. The predicted octanol–water partition coefficient (Wildman–Crippen LogP) is 5.29. The Balaban J connectivity index is 0.000000782. The Kier molecular flexibility index (Phi) is 14.3. The molecule has 1 aliphatic rings. The number of aromatic nitrogens is 3. The number of alkyl halides is 3. The highest BCUT2D eigenvalue weighted by Gasteiger charge is 2.38. The van der Waals surface area contributed by atoms with Crippen molar-refractivity contribution in [2.45, 2.75) is 74.6 Å². The van der Waals surface area contributed by atoms with Gasteiger partial charge in [0.2, 0.25) is 5.95 Å². The number of halogens is 3. The van der Waals surface area contributed by atoms with Crippen LogP contribution >= 0.6 is 23.1 Å². The maximum atomic E-state index is 11.4. The van der Waals surface area contributed by atoms with Crippen LogP contribution in [0.3, 0.4) is 0 Å². The number of nitrogens with zero attached hydrogens (tertiary/aromatic N) is 6. The van der Waals surface area contributed by atoms with Gasteiger partial charge in [0, 0.05) is 51.1 Å². The van der Waals surface area contributed by atoms with Gasteiger partial charge in [-0.25, -0.2) is 19.7 Å². The van der Waals surface area contributed by atoms with Gasteiger partial charge in [0.25, 0.3) is 0 Å². The van der Waals surface area contributed by atoms with Crippen molar-refractivity contribution in [1.82, 2.24) is 19.9 Å². The summed E-state index contributed by atoms with van der Waals surface area (Å²) in [5.74, 6) is -2.81. The summed E-state index contributed by atoms with van der Waals surface area (Å²) in [7, 11) is 2.16. The smallest absolute Gasteiger partial charge is 0.480 e. The summed E-state index contributed by atoms with van der Waals surface area (Å²) in [5, 5.41) is 18.6. The molecule has 0 saturated carbocycles. The number of unbranched alkanes of at least 4 members (excludes halogenated alkanes) is 4. The van der Waals surface area contributed by atoms with Gasteiger partial charge in [0.05, 0.1) is 23.8 Å². The van der Waals surface area contributed by atoms with Gasteiger partial charge in [-0.05, 0) is 27.3 Å². The normalized spacial score (nSPS) is 14.3. The fraction of sp³-hybridized carbons (Fsp3) is 0.667. The largest absolute Gasteiger partial charge is 0.490 e. The molecule has 1 saturated heterocycles. The molecule has 0 atom stereocenters. The molecular weight excluding hydrogens is 593 g/mol. The lowest BCUT2D eigenvalue weighted by Gasteiger charge is -2.33. The highest BCUT2D eigenvalue weighted by atomic mass is 32.2. The van der Waals surface area contributed by atoms with E-state index in [1.807, 2.05) is 17.8 Å². The predicted molar refractivity (Wildman–Crippen MR) is 160 cm³/mol. The van der Waals surface area contributed by atoms with Crippen LogP contribution in [0, 0.1) is 0 Å². The molecule has 236 valence electrons. The molecule has 3 heterocycles. The minimum absolute atomic E-state index is 0.773. The molecule has 0 radical (unpaired) electrons. The minimum atomic E-state index is -5.08. The molecule has 2 aromatic rings. The lowest BCUT2D eigenvalue weighted by atomic mass is 10.1. The van der Waals surface area contributed by atoms with Crippen molar-refractivity contribution in [2.24, 2.45) is 0 Å². The third-order valence-corrected chi connectivity index (χ3v) is 8.75. The maximum absolute atomic E-state index is 11.4. The molecule has 0 spiro atoms. The van der Waals surface area contributed by atoms with E-state index in [-0.39, 0.29) is 0 Å². The Hall–Kier alpha value is -2.65. The summed E-state index contributed by atoms with van der Waals surface area (Å²) in [5.41, 5.74) is 2.08. The van der Waals surface area contributed by atoms with Gasteiger partial charge < -0.3 is 24.9 Å². The Labute approximate surface area is 253 Å². The lowest BCUT2D eigenvalue weighted by molar-refractivity contribution is -0.192. The zero-order chi connectivity index (χ0) is 31.3. The van der Waals surface area contributed by atoms with E-state index in [1.165, 1.54) is 48.8 Å². The molecule has 15 heteroatoms. The van der Waals surface area contributed by atoms with E-state index in [0.29, 0.717) is 0 Å². The summed E-state index contributed by atoms with van der Waals surface area (Å²) in [4.78, 5) is 41.5. The average molecular weight is 635 g/mol. The number of hydrogen-bond acceptors (Lipinski definition) is 10. The first-order valence-corrected chi connectivity index (χ1v) is 15.6. The molecule has 1 fully saturated rings. The number of thioether (sulfide) groups is 1. The number of carbonyl (C=O) groups is 2. The first-order chi connectivity index (χ1) is 19.7. The van der Waals surface area contributed by atoms with Crippen molar-refractivity contribution >= 4 is 46.7 Å². The van der Waals surface area contributed by atoms with Gasteiger partial charge in [0.1, 0.15) is 4.75 Å². The highest BCUT2D eigenvalue weighted by Crippen LogP contribution is 2.34. The fourth-order valence-electron chi connectivity index (χ4n) is 3.89. The van der Waals surface area contributed by atoms with Gasteiger partial charge in [-0.15, -0.1) is 11.3 Å². The van der Waals surface area contributed by atoms with E-state index in [9.17, 15) is 23.1 Å². The molecule has 3 rings (SSSR count). The third kappa shape index (κ3) is 12.3. The standard InChI is InChI=1S/C25H40N6O2S2.C2HF3O2/c1-5-6-7-8-9-11-31(12-10-20-19-34-24(28-20)35-25(2,3)22(32)33)23-26-17-21(18-27-23)30-15-13-29(4)14-16-30;3-2(4,5)1(6)7/h17-19H,5-16H2,1-4H3,(H,32,33);(H,6,7). The Morgan fingerprint density at radius 1 is 1.00 bits per heavy atom. The van der Waals surface area contributed by atoms with E-state index >= 15 is 0 Å². The number of hydrogen-bond donors (Lipinski definition) is 2. The number of anilines is 2. The van der Waals surface area contributed by atoms with Crippen molar-refractivity contribution < 1.29 is 33.0 Å². The average Bonchev–Trinajstić information content (AvgIpc) is 3.37. The van der Waals surface area contributed by atoms with Gasteiger partial charge in [-0.2, -0.15) is 13.2 Å². The van der Waals surface area contributed by atoms with Crippen molar-refractivity contribution in [2.75, 3.05) is 56.1 Å². The van der Waals surface area contributed by atoms with Crippen LogP contribution < -0.4 is 9.80 Å². The second-order valence-electron chi connectivity index (χ2n) is 10.5. The molecule has 2 aromatic heterocycles. The van der Waals surface area contributed by atoms with Crippen LogP contribution in [-0.2, 0) is 16.0 Å². The Morgan fingerprint density at radius 2 is 1.60 bits per heavy atom. The molecular formula is C27H41F3N6O4S2. The summed E-state index contributed by atoms with van der Waals surface area (Å²) in [6, 6.07) is 0. The summed E-state index contributed by atoms with van der Waals surface area (Å²) < 4.78 is 31.6. The van der Waals surface area contributed by atoms with E-state index in [1.54, 1.807) is 13.8 Å². The molecule has 1 aliphatic heterocycles. The second kappa shape index (κ2) is 16.8. The topological polar surface area (TPSA) is 123 Å². The summed E-state index contributed by atoms with van der Waals surface area (Å²) in [6.45, 7) is 11.5. The van der Waals surface area contributed by atoms with Crippen LogP contribution in [-0.4, -0.2) is 99.2 Å². The van der Waals surface area contributed by atoms with E-state index in [4.69, 9.17) is 19.9 Å². The molecule has 0 aliphatic carbocycles. The highest BCUT2D eigenvalue weighted by molar-refractivity contribution is 8.03. The second-order valence-corrected chi connectivity index (χ2v) is 13.2. The van der Waals surface area contributed by atoms with Crippen molar-refractivity contribution in [3.05, 3.63) is 23.5 Å². The van der Waals surface area contributed by atoms with Crippen molar-refractivity contribution in [1.29, 1.82) is 0 Å². The van der Waals surface area contributed by atoms with Crippen LogP contribution in [0.1, 0.15) is 58.6 Å². The molecule has 10 nitrogen and oxygen atoms in total. The molecule has 0 amide bonds. The maximum Gasteiger partial charge on any atom is 0.490 e. The summed E-state index contributed by atoms with van der Waals surface area (Å²) in [6.07, 6.45) is 5.74. The van der Waals surface area contributed by atoms with Gasteiger partial charge in [-0.1, -0.05) is 44.4 Å². The minimum Gasteiger partial charge on any atom is -0.480 e. The number of likely N-dealkylation sites (N-methyl/N-ethyl adjacent to an activating group) is 1. The summed E-state index contributed by atoms with van der Waals surface area (Å²) >= 11 is 2.82. The Bertz CT molecular complexity index is 1110. The number of carboxylic acid groups (broad SMARTS) is 2. The zero-order valence-corrected chi connectivity index (χ0v) is 26.2. The first-order valence-electron chi connectivity index (χ1n) is 13.9. The first kappa shape index (κ1) is 35.5. The van der Waals surface area contributed by atoms with Crippen molar-refractivity contribution in [3.63, 3.8) is 0 Å². The van der Waals surface area contributed by atoms with Gasteiger partial charge >= 0.3 is 18.1 Å². The Morgan fingerprint density at radius 3 is 2.14 bits per heavy atom. The van der Waals surface area contributed by atoms with Crippen LogP contribution in [0.15, 0.2) is 22.1 Å². The van der Waals surface area contributed by atoms with E-state index in [0.717, 1.165) is 73.8 Å². The lowest BCUT2D eigenvalue weighted by Crippen LogP contribution is -2.44. The van der Waals surface area contributed by atoms with Crippen LogP contribution in [0.4, 0.5) is 24.8 Å². The third-order valence-electron chi connectivity index (χ3n) is 6.58. The molecule has 0 unspecified atom stereocenters. The zero-order valence-electron chi connectivity index (χ0n) is 24.6. The fourth-order valence-corrected chi connectivity index (χ4v) is 6.11. The number of carboxylic acids is 2. The number of piperazine rings is 1. The molecule has 42 heavy (non-hydrogen) atoms. The SMILES string of the molecule is CCCCCCCN(CCc1csc(SC(C)(C)C(=O)O)n1)c1ncc(N2CCN(C)CC2)cn1.O=C(O)C(F)(F)F. The van der Waals surface area contributed by atoms with Crippen LogP contribution in [0.5, 0.6) is 0 Å². The molecule has 0 aromatic carbocycles. The van der Waals surface area contributed by atoms with Crippen LogP contribution in [0.2, 0.25) is 0 Å². The molecule has 0 bridgehead atoms. The van der Waals surface area contributed by atoms with Gasteiger partial charge in [-0.3, -0.25) is 4.79 Å². The number of thiazole rings is 1.